The molecule has 186 valence electrons. The fraction of sp³-hybridized carbons (Fsp3) is 0.0833. The summed E-state index contributed by atoms with van der Waals surface area (Å²) in [5.41, 5.74) is 4.73. The molecule has 12 heteroatoms. The number of aliphatic imine (C=N–C) groups is 1. The van der Waals surface area contributed by atoms with Gasteiger partial charge in [0.1, 0.15) is 11.6 Å². The smallest absolute Gasteiger partial charge is 0.403 e. The van der Waals surface area contributed by atoms with E-state index in [0.29, 0.717) is 5.70 Å². The summed E-state index contributed by atoms with van der Waals surface area (Å²) in [6, 6.07) is 8.52. The van der Waals surface area contributed by atoms with Gasteiger partial charge in [-0.1, -0.05) is 24.8 Å². The molecule has 0 aliphatic carbocycles. The minimum atomic E-state index is -4.67. The van der Waals surface area contributed by atoms with Gasteiger partial charge in [0.05, 0.1) is 16.9 Å². The quantitative estimate of drug-likeness (QED) is 0.195. The highest BCUT2D eigenvalue weighted by molar-refractivity contribution is 5.99. The number of halogens is 4. The molecule has 0 radical (unpaired) electrons. The van der Waals surface area contributed by atoms with E-state index in [0.717, 1.165) is 18.2 Å². The Morgan fingerprint density at radius 1 is 1.14 bits per heavy atom. The van der Waals surface area contributed by atoms with E-state index in [1.165, 1.54) is 56.0 Å². The van der Waals surface area contributed by atoms with Crippen molar-refractivity contribution in [3.05, 3.63) is 84.6 Å². The van der Waals surface area contributed by atoms with Crippen molar-refractivity contribution in [2.24, 2.45) is 10.7 Å². The second kappa shape index (κ2) is 11.1. The molecule has 2 aromatic carbocycles. The Morgan fingerprint density at radius 2 is 1.89 bits per heavy atom. The minimum Gasteiger partial charge on any atom is -0.403 e. The van der Waals surface area contributed by atoms with E-state index in [2.05, 4.69) is 37.5 Å². The number of nitrogens with two attached hydrogens (primary N) is 1. The number of allylic oxidation sites excluding steroid dienone is 1. The van der Waals surface area contributed by atoms with Crippen molar-refractivity contribution in [1.82, 2.24) is 9.97 Å². The lowest BCUT2D eigenvalue weighted by molar-refractivity contribution is -0.137. The highest BCUT2D eigenvalue weighted by Crippen LogP contribution is 2.40. The van der Waals surface area contributed by atoms with Crippen LogP contribution in [-0.4, -0.2) is 29.1 Å². The van der Waals surface area contributed by atoms with Crippen LogP contribution in [0.25, 0.3) is 11.1 Å². The molecular formula is C24H21F4N7O. The predicted octanol–water partition coefficient (Wildman–Crippen LogP) is 5.08. The van der Waals surface area contributed by atoms with E-state index in [-0.39, 0.29) is 34.3 Å². The van der Waals surface area contributed by atoms with Gasteiger partial charge >= 0.3 is 6.18 Å². The zero-order chi connectivity index (χ0) is 26.3. The molecule has 1 amide bonds. The number of nitrogens with one attached hydrogen (secondary N) is 3. The lowest BCUT2D eigenvalue weighted by Gasteiger charge is -2.17. The third-order valence-corrected chi connectivity index (χ3v) is 4.69. The van der Waals surface area contributed by atoms with Gasteiger partial charge in [0.25, 0.3) is 0 Å². The second-order valence-corrected chi connectivity index (χ2v) is 7.15. The number of hydrogen-bond donors (Lipinski definition) is 4. The molecule has 0 atom stereocenters. The van der Waals surface area contributed by atoms with Crippen LogP contribution >= 0.6 is 0 Å². The van der Waals surface area contributed by atoms with Crippen LogP contribution in [0, 0.1) is 5.82 Å². The van der Waals surface area contributed by atoms with Crippen LogP contribution in [0.4, 0.5) is 40.7 Å². The number of hydrogen-bond acceptors (Lipinski definition) is 7. The summed E-state index contributed by atoms with van der Waals surface area (Å²) < 4.78 is 55.9. The molecule has 5 N–H and O–H groups in total. The first-order valence-electron chi connectivity index (χ1n) is 10.3. The van der Waals surface area contributed by atoms with Gasteiger partial charge in [-0.15, -0.1) is 0 Å². The minimum absolute atomic E-state index is 0.0427. The average Bonchev–Trinajstić information content (AvgIpc) is 2.85. The number of aromatic nitrogens is 2. The summed E-state index contributed by atoms with van der Waals surface area (Å²) in [7, 11) is 1.51. The SMILES string of the molecule is C=CC(=O)Nc1ccc(F)c(Nc2nc(N/C(C=NC)=C/N)ncc2-c2ccccc2C(F)(F)F)c1. The molecule has 0 aliphatic heterocycles. The van der Waals surface area contributed by atoms with Crippen LogP contribution in [0.1, 0.15) is 5.56 Å². The molecule has 3 aromatic rings. The monoisotopic (exact) mass is 499 g/mol. The van der Waals surface area contributed by atoms with Crippen LogP contribution in [0.2, 0.25) is 0 Å². The van der Waals surface area contributed by atoms with E-state index in [1.54, 1.807) is 0 Å². The maximum absolute atomic E-state index is 14.7. The van der Waals surface area contributed by atoms with Crippen molar-refractivity contribution in [3.8, 4) is 11.1 Å². The highest BCUT2D eigenvalue weighted by atomic mass is 19.4. The number of nitrogens with zero attached hydrogens (tertiary/aromatic N) is 3. The number of alkyl halides is 3. The second-order valence-electron chi connectivity index (χ2n) is 7.15. The van der Waals surface area contributed by atoms with E-state index in [4.69, 9.17) is 5.73 Å². The third-order valence-electron chi connectivity index (χ3n) is 4.69. The topological polar surface area (TPSA) is 117 Å². The Morgan fingerprint density at radius 3 is 2.56 bits per heavy atom. The normalized spacial score (nSPS) is 11.9. The summed E-state index contributed by atoms with van der Waals surface area (Å²) in [5.74, 6) is -1.45. The lowest BCUT2D eigenvalue weighted by atomic mass is 10.0. The van der Waals surface area contributed by atoms with Crippen LogP contribution in [0.3, 0.4) is 0 Å². The molecule has 0 saturated carbocycles. The Balaban J connectivity index is 2.15. The van der Waals surface area contributed by atoms with Crippen molar-refractivity contribution >= 4 is 35.3 Å². The van der Waals surface area contributed by atoms with Gasteiger partial charge in [-0.3, -0.25) is 9.79 Å². The highest BCUT2D eigenvalue weighted by Gasteiger charge is 2.34. The van der Waals surface area contributed by atoms with E-state index >= 15 is 0 Å². The number of amides is 1. The summed E-state index contributed by atoms with van der Waals surface area (Å²) in [6.45, 7) is 3.35. The molecule has 1 aromatic heterocycles. The average molecular weight is 499 g/mol. The molecule has 0 aliphatic rings. The molecule has 3 rings (SSSR count). The van der Waals surface area contributed by atoms with Gasteiger partial charge in [0.15, 0.2) is 0 Å². The summed E-state index contributed by atoms with van der Waals surface area (Å²) in [5, 5.41) is 7.98. The maximum atomic E-state index is 14.7. The largest absolute Gasteiger partial charge is 0.417 e. The van der Waals surface area contributed by atoms with Crippen LogP contribution in [-0.2, 0) is 11.0 Å². The molecule has 36 heavy (non-hydrogen) atoms. The van der Waals surface area contributed by atoms with Gasteiger partial charge < -0.3 is 21.7 Å². The third kappa shape index (κ3) is 6.23. The number of rotatable bonds is 8. The molecule has 1 heterocycles. The number of anilines is 4. The van der Waals surface area contributed by atoms with Gasteiger partial charge in [0, 0.05) is 36.9 Å². The van der Waals surface area contributed by atoms with Crippen LogP contribution in [0.5, 0.6) is 0 Å². The molecular weight excluding hydrogens is 478 g/mol. The summed E-state index contributed by atoms with van der Waals surface area (Å²) in [6.07, 6.45) is 0.113. The van der Waals surface area contributed by atoms with Crippen molar-refractivity contribution in [1.29, 1.82) is 0 Å². The Labute approximate surface area is 203 Å². The predicted molar refractivity (Wildman–Crippen MR) is 131 cm³/mol. The molecule has 0 spiro atoms. The molecule has 0 unspecified atom stereocenters. The Bertz CT molecular complexity index is 1340. The first-order chi connectivity index (χ1) is 17.2. The lowest BCUT2D eigenvalue weighted by Crippen LogP contribution is -2.11. The molecule has 0 bridgehead atoms. The summed E-state index contributed by atoms with van der Waals surface area (Å²) in [4.78, 5) is 23.8. The number of benzene rings is 2. The first kappa shape index (κ1) is 25.9. The zero-order valence-electron chi connectivity index (χ0n) is 18.9. The number of carbonyl (C=O) groups is 1. The van der Waals surface area contributed by atoms with Gasteiger partial charge in [0.2, 0.25) is 11.9 Å². The van der Waals surface area contributed by atoms with Gasteiger partial charge in [-0.25, -0.2) is 9.37 Å². The van der Waals surface area contributed by atoms with Gasteiger partial charge in [-0.05, 0) is 35.9 Å². The van der Waals surface area contributed by atoms with Crippen molar-refractivity contribution in [2.75, 3.05) is 23.0 Å². The maximum Gasteiger partial charge on any atom is 0.417 e. The fourth-order valence-corrected chi connectivity index (χ4v) is 3.10. The first-order valence-corrected chi connectivity index (χ1v) is 10.3. The zero-order valence-corrected chi connectivity index (χ0v) is 18.9. The molecule has 0 fully saturated rings. The Hall–Kier alpha value is -4.74. The van der Waals surface area contributed by atoms with Crippen molar-refractivity contribution < 1.29 is 22.4 Å². The van der Waals surface area contributed by atoms with E-state index in [9.17, 15) is 22.4 Å². The Kier molecular flexibility index (Phi) is 8.00. The van der Waals surface area contributed by atoms with Crippen LogP contribution < -0.4 is 21.7 Å². The van der Waals surface area contributed by atoms with Gasteiger partial charge in [-0.2, -0.15) is 18.2 Å². The molecule has 0 saturated heterocycles. The van der Waals surface area contributed by atoms with Crippen molar-refractivity contribution in [2.45, 2.75) is 6.18 Å². The summed E-state index contributed by atoms with van der Waals surface area (Å²) >= 11 is 0. The van der Waals surface area contributed by atoms with E-state index in [1.807, 2.05) is 0 Å². The van der Waals surface area contributed by atoms with Crippen molar-refractivity contribution in [3.63, 3.8) is 0 Å². The van der Waals surface area contributed by atoms with E-state index < -0.39 is 23.5 Å². The number of carbonyl (C=O) groups excluding carboxylic acids is 1. The fourth-order valence-electron chi connectivity index (χ4n) is 3.10. The van der Waals surface area contributed by atoms with Crippen LogP contribution in [0.15, 0.2) is 78.2 Å². The molecule has 8 nitrogen and oxygen atoms in total. The standard InChI is InChI=1S/C24H21F4N7O/c1-3-21(36)32-14-8-9-19(25)20(10-14)34-22-17(16-6-4-5-7-18(16)24(26,27)28)13-31-23(35-22)33-15(11-29)12-30-2/h3-13H,1,29H2,2H3,(H,32,36)(H2,31,33,34,35)/b15-11+,30-12?.